The van der Waals surface area contributed by atoms with E-state index < -0.39 is 0 Å². The van der Waals surface area contributed by atoms with Gasteiger partial charge in [0.2, 0.25) is 11.8 Å². The largest absolute Gasteiger partial charge is 0.350 e. The number of nitrogens with one attached hydrogen (secondary N) is 2. The van der Waals surface area contributed by atoms with Gasteiger partial charge in [-0.25, -0.2) is 0 Å². The fourth-order valence-corrected chi connectivity index (χ4v) is 3.48. The first-order valence-corrected chi connectivity index (χ1v) is 8.58. The van der Waals surface area contributed by atoms with Crippen molar-refractivity contribution in [3.05, 3.63) is 35.9 Å². The molecule has 2 aliphatic heterocycles. The summed E-state index contributed by atoms with van der Waals surface area (Å²) >= 11 is 0. The molecule has 1 aromatic rings. The summed E-state index contributed by atoms with van der Waals surface area (Å²) in [6.45, 7) is 2.54. The van der Waals surface area contributed by atoms with E-state index in [1.165, 1.54) is 0 Å². The highest BCUT2D eigenvalue weighted by atomic mass is 16.2. The summed E-state index contributed by atoms with van der Waals surface area (Å²) < 4.78 is 0. The molecule has 2 saturated heterocycles. The van der Waals surface area contributed by atoms with Gasteiger partial charge in [-0.1, -0.05) is 30.3 Å². The summed E-state index contributed by atoms with van der Waals surface area (Å²) in [5, 5.41) is 6.42. The number of hydrogen-bond donors (Lipinski definition) is 2. The van der Waals surface area contributed by atoms with Crippen LogP contribution in [0.25, 0.3) is 0 Å². The lowest BCUT2D eigenvalue weighted by molar-refractivity contribution is -0.138. The molecule has 0 spiro atoms. The lowest BCUT2D eigenvalue weighted by Crippen LogP contribution is -2.52. The van der Waals surface area contributed by atoms with E-state index in [2.05, 4.69) is 10.6 Å². The average Bonchev–Trinajstić information content (AvgIpc) is 3.06. The molecular weight excluding hydrogens is 290 g/mol. The Kier molecular flexibility index (Phi) is 5.28. The van der Waals surface area contributed by atoms with Crippen molar-refractivity contribution in [3.8, 4) is 0 Å². The number of likely N-dealkylation sites (tertiary alicyclic amines) is 1. The van der Waals surface area contributed by atoms with Crippen molar-refractivity contribution < 1.29 is 9.59 Å². The molecule has 2 aliphatic rings. The maximum atomic E-state index is 12.6. The monoisotopic (exact) mass is 315 g/mol. The van der Waals surface area contributed by atoms with Crippen LogP contribution >= 0.6 is 0 Å². The van der Waals surface area contributed by atoms with E-state index in [9.17, 15) is 9.59 Å². The summed E-state index contributed by atoms with van der Waals surface area (Å²) in [4.78, 5) is 26.9. The highest BCUT2D eigenvalue weighted by Gasteiger charge is 2.34. The van der Waals surface area contributed by atoms with E-state index in [0.29, 0.717) is 13.0 Å². The molecular formula is C18H25N3O2. The van der Waals surface area contributed by atoms with Gasteiger partial charge in [0.15, 0.2) is 0 Å². The summed E-state index contributed by atoms with van der Waals surface area (Å²) in [6, 6.07) is 9.63. The van der Waals surface area contributed by atoms with Crippen LogP contribution in [0.5, 0.6) is 0 Å². The van der Waals surface area contributed by atoms with Gasteiger partial charge in [-0.2, -0.15) is 0 Å². The summed E-state index contributed by atoms with van der Waals surface area (Å²) in [5.74, 6) is 0.0632. The van der Waals surface area contributed by atoms with Crippen molar-refractivity contribution >= 4 is 11.8 Å². The van der Waals surface area contributed by atoms with Crippen LogP contribution in [0, 0.1) is 0 Å². The molecule has 5 nitrogen and oxygen atoms in total. The van der Waals surface area contributed by atoms with Crippen LogP contribution in [-0.4, -0.2) is 48.4 Å². The number of carbonyl (C=O) groups is 2. The number of nitrogens with zero attached hydrogens (tertiary/aromatic N) is 1. The van der Waals surface area contributed by atoms with E-state index in [-0.39, 0.29) is 23.9 Å². The molecule has 2 N–H and O–H groups in total. The topological polar surface area (TPSA) is 61.4 Å². The Hall–Kier alpha value is -1.88. The lowest BCUT2D eigenvalue weighted by atomic mass is 10.1. The Labute approximate surface area is 137 Å². The third-order valence-electron chi connectivity index (χ3n) is 4.72. The normalized spacial score (nSPS) is 24.4. The first-order valence-electron chi connectivity index (χ1n) is 8.58. The molecule has 2 heterocycles. The number of carbonyl (C=O) groups excluding carboxylic acids is 2. The van der Waals surface area contributed by atoms with Gasteiger partial charge in [-0.15, -0.1) is 0 Å². The Bertz CT molecular complexity index is 540. The van der Waals surface area contributed by atoms with E-state index in [1.807, 2.05) is 30.3 Å². The maximum absolute atomic E-state index is 12.6. The molecule has 0 saturated carbocycles. The van der Waals surface area contributed by atoms with Crippen molar-refractivity contribution in [3.63, 3.8) is 0 Å². The van der Waals surface area contributed by atoms with E-state index >= 15 is 0 Å². The first-order chi connectivity index (χ1) is 11.2. The van der Waals surface area contributed by atoms with Crippen molar-refractivity contribution in [1.82, 2.24) is 15.5 Å². The van der Waals surface area contributed by atoms with Gasteiger partial charge >= 0.3 is 0 Å². The first kappa shape index (κ1) is 16.0. The zero-order valence-electron chi connectivity index (χ0n) is 13.5. The van der Waals surface area contributed by atoms with Gasteiger partial charge < -0.3 is 15.5 Å². The Morgan fingerprint density at radius 2 is 2.00 bits per heavy atom. The predicted octanol–water partition coefficient (Wildman–Crippen LogP) is 1.09. The molecule has 1 unspecified atom stereocenters. The molecule has 0 radical (unpaired) electrons. The van der Waals surface area contributed by atoms with Gasteiger partial charge in [-0.3, -0.25) is 9.59 Å². The molecule has 3 rings (SSSR count). The molecule has 2 amide bonds. The standard InChI is InChI=1S/C18H25N3O2/c22-17(12-14-6-2-1-3-7-14)21-11-5-9-16(21)18(23)20-15-8-4-10-19-13-15/h1-3,6-7,15-16,19H,4-5,8-13H2,(H,20,23)/t15-,16?/m0/s1. The second-order valence-corrected chi connectivity index (χ2v) is 6.46. The minimum absolute atomic E-state index is 0.0117. The van der Waals surface area contributed by atoms with Crippen LogP contribution in [0.1, 0.15) is 31.2 Å². The van der Waals surface area contributed by atoms with Gasteiger partial charge in [0.1, 0.15) is 6.04 Å². The van der Waals surface area contributed by atoms with Crippen LogP contribution in [0.3, 0.4) is 0 Å². The third kappa shape index (κ3) is 4.10. The molecule has 5 heteroatoms. The van der Waals surface area contributed by atoms with Gasteiger partial charge in [-0.05, 0) is 37.8 Å². The lowest BCUT2D eigenvalue weighted by Gasteiger charge is -2.28. The number of amides is 2. The van der Waals surface area contributed by atoms with Gasteiger partial charge in [0, 0.05) is 19.1 Å². The Balaban J connectivity index is 1.58. The molecule has 2 fully saturated rings. The number of rotatable bonds is 4. The smallest absolute Gasteiger partial charge is 0.243 e. The van der Waals surface area contributed by atoms with Crippen molar-refractivity contribution in [2.45, 2.75) is 44.2 Å². The summed E-state index contributed by atoms with van der Waals surface area (Å²) in [7, 11) is 0. The zero-order chi connectivity index (χ0) is 16.1. The van der Waals surface area contributed by atoms with Crippen LogP contribution in [0.4, 0.5) is 0 Å². The third-order valence-corrected chi connectivity index (χ3v) is 4.72. The van der Waals surface area contributed by atoms with Crippen LogP contribution in [-0.2, 0) is 16.0 Å². The molecule has 0 aromatic heterocycles. The fraction of sp³-hybridized carbons (Fsp3) is 0.556. The number of piperidine rings is 1. The van der Waals surface area contributed by atoms with E-state index in [4.69, 9.17) is 0 Å². The van der Waals surface area contributed by atoms with E-state index in [1.54, 1.807) is 4.90 Å². The van der Waals surface area contributed by atoms with Crippen LogP contribution < -0.4 is 10.6 Å². The highest BCUT2D eigenvalue weighted by Crippen LogP contribution is 2.19. The van der Waals surface area contributed by atoms with Crippen molar-refractivity contribution in [1.29, 1.82) is 0 Å². The minimum atomic E-state index is -0.298. The predicted molar refractivity (Wildman–Crippen MR) is 88.9 cm³/mol. The SMILES string of the molecule is O=C(N[C@H]1CCCNC1)C1CCCN1C(=O)Cc1ccccc1. The summed E-state index contributed by atoms with van der Waals surface area (Å²) in [5.41, 5.74) is 1.00. The number of benzene rings is 1. The molecule has 124 valence electrons. The second kappa shape index (κ2) is 7.59. The Morgan fingerprint density at radius 1 is 1.17 bits per heavy atom. The second-order valence-electron chi connectivity index (χ2n) is 6.46. The zero-order valence-corrected chi connectivity index (χ0v) is 13.5. The molecule has 0 bridgehead atoms. The molecule has 0 aliphatic carbocycles. The van der Waals surface area contributed by atoms with Crippen LogP contribution in [0.2, 0.25) is 0 Å². The fourth-order valence-electron chi connectivity index (χ4n) is 3.48. The molecule has 1 aromatic carbocycles. The maximum Gasteiger partial charge on any atom is 0.243 e. The van der Waals surface area contributed by atoms with Gasteiger partial charge in [0.05, 0.1) is 6.42 Å². The van der Waals surface area contributed by atoms with Gasteiger partial charge in [0.25, 0.3) is 0 Å². The molecule has 2 atom stereocenters. The van der Waals surface area contributed by atoms with Crippen molar-refractivity contribution in [2.24, 2.45) is 0 Å². The quantitative estimate of drug-likeness (QED) is 0.874. The van der Waals surface area contributed by atoms with Crippen LogP contribution in [0.15, 0.2) is 30.3 Å². The highest BCUT2D eigenvalue weighted by molar-refractivity contribution is 5.89. The van der Waals surface area contributed by atoms with E-state index in [0.717, 1.165) is 44.3 Å². The molecule has 23 heavy (non-hydrogen) atoms. The summed E-state index contributed by atoms with van der Waals surface area (Å²) in [6.07, 6.45) is 4.15. The average molecular weight is 315 g/mol. The van der Waals surface area contributed by atoms with Crippen molar-refractivity contribution in [2.75, 3.05) is 19.6 Å². The Morgan fingerprint density at radius 3 is 2.74 bits per heavy atom. The minimum Gasteiger partial charge on any atom is -0.350 e. The number of hydrogen-bond acceptors (Lipinski definition) is 3.